The van der Waals surface area contributed by atoms with E-state index in [2.05, 4.69) is 18.0 Å². The highest BCUT2D eigenvalue weighted by Crippen LogP contribution is 2.31. The molecule has 3 rings (SSSR count). The number of H-pyrrole nitrogens is 1. The van der Waals surface area contributed by atoms with E-state index in [1.807, 2.05) is 13.8 Å². The number of aromatic nitrogens is 1. The molecule has 0 radical (unpaired) electrons. The third kappa shape index (κ3) is 2.06. The fourth-order valence-corrected chi connectivity index (χ4v) is 4.00. The lowest BCUT2D eigenvalue weighted by molar-refractivity contribution is 0.103. The van der Waals surface area contributed by atoms with Gasteiger partial charge in [-0.05, 0) is 69.2 Å². The summed E-state index contributed by atoms with van der Waals surface area (Å²) in [4.78, 5) is 18.2. The second-order valence-electron chi connectivity index (χ2n) is 5.47. The van der Waals surface area contributed by atoms with Crippen molar-refractivity contribution in [3.05, 3.63) is 43.9 Å². The second-order valence-corrected chi connectivity index (χ2v) is 6.61. The molecule has 2 aromatic rings. The van der Waals surface area contributed by atoms with Crippen LogP contribution in [0.25, 0.3) is 0 Å². The van der Waals surface area contributed by atoms with Crippen molar-refractivity contribution in [3.63, 3.8) is 0 Å². The zero-order chi connectivity index (χ0) is 13.6. The van der Waals surface area contributed by atoms with Gasteiger partial charge in [-0.15, -0.1) is 11.3 Å². The van der Waals surface area contributed by atoms with Crippen LogP contribution in [0.15, 0.2) is 6.07 Å². The molecule has 19 heavy (non-hydrogen) atoms. The first-order chi connectivity index (χ1) is 9.08. The summed E-state index contributed by atoms with van der Waals surface area (Å²) in [6, 6.07) is 2.12. The Labute approximate surface area is 117 Å². The number of aryl methyl sites for hydroxylation is 3. The molecule has 0 fully saturated rings. The summed E-state index contributed by atoms with van der Waals surface area (Å²) in [7, 11) is 0. The molecule has 3 heteroatoms. The Balaban J connectivity index is 1.99. The van der Waals surface area contributed by atoms with Gasteiger partial charge in [-0.3, -0.25) is 4.79 Å². The summed E-state index contributed by atoms with van der Waals surface area (Å²) in [5.74, 6) is 0.160. The molecule has 0 spiro atoms. The number of fused-ring (bicyclic) bond motifs is 1. The van der Waals surface area contributed by atoms with Crippen LogP contribution >= 0.6 is 11.3 Å². The summed E-state index contributed by atoms with van der Waals surface area (Å²) in [5.41, 5.74) is 5.56. The van der Waals surface area contributed by atoms with Crippen LogP contribution < -0.4 is 0 Å². The Hall–Kier alpha value is -1.35. The first-order valence-corrected chi connectivity index (χ1v) is 7.71. The zero-order valence-electron chi connectivity index (χ0n) is 11.7. The maximum atomic E-state index is 12.6. The lowest BCUT2D eigenvalue weighted by Crippen LogP contribution is -2.01. The third-order valence-electron chi connectivity index (χ3n) is 4.26. The fourth-order valence-electron chi connectivity index (χ4n) is 2.80. The van der Waals surface area contributed by atoms with E-state index in [0.717, 1.165) is 34.7 Å². The van der Waals surface area contributed by atoms with E-state index >= 15 is 0 Å². The van der Waals surface area contributed by atoms with Crippen molar-refractivity contribution in [2.75, 3.05) is 0 Å². The predicted molar refractivity (Wildman–Crippen MR) is 79.4 cm³/mol. The first-order valence-electron chi connectivity index (χ1n) is 6.90. The Kier molecular flexibility index (Phi) is 3.09. The van der Waals surface area contributed by atoms with Gasteiger partial charge in [-0.1, -0.05) is 0 Å². The molecule has 2 aromatic heterocycles. The minimum absolute atomic E-state index is 0.160. The van der Waals surface area contributed by atoms with Crippen LogP contribution in [0, 0.1) is 20.8 Å². The van der Waals surface area contributed by atoms with Crippen LogP contribution in [0.5, 0.6) is 0 Å². The van der Waals surface area contributed by atoms with Crippen LogP contribution in [-0.2, 0) is 12.8 Å². The summed E-state index contributed by atoms with van der Waals surface area (Å²) >= 11 is 1.69. The van der Waals surface area contributed by atoms with Gasteiger partial charge in [0.15, 0.2) is 0 Å². The molecule has 1 aliphatic carbocycles. The highest BCUT2D eigenvalue weighted by atomic mass is 32.1. The van der Waals surface area contributed by atoms with E-state index in [-0.39, 0.29) is 5.78 Å². The number of hydrogen-bond acceptors (Lipinski definition) is 2. The maximum absolute atomic E-state index is 12.6. The molecule has 1 N–H and O–H groups in total. The van der Waals surface area contributed by atoms with Gasteiger partial charge in [0.25, 0.3) is 0 Å². The number of thiophene rings is 1. The van der Waals surface area contributed by atoms with E-state index in [0.29, 0.717) is 0 Å². The average Bonchev–Trinajstić information content (AvgIpc) is 2.95. The third-order valence-corrected chi connectivity index (χ3v) is 5.50. The summed E-state index contributed by atoms with van der Waals surface area (Å²) in [6.45, 7) is 6.12. The monoisotopic (exact) mass is 273 g/mol. The molecular weight excluding hydrogens is 254 g/mol. The van der Waals surface area contributed by atoms with Crippen LogP contribution in [-0.4, -0.2) is 10.8 Å². The van der Waals surface area contributed by atoms with E-state index in [4.69, 9.17) is 0 Å². The molecule has 0 saturated carbocycles. The van der Waals surface area contributed by atoms with Gasteiger partial charge < -0.3 is 4.98 Å². The standard InChI is InChI=1S/C16H19NOS/c1-9-10(2)15(17-11(9)3)16(18)14-8-12-6-4-5-7-13(12)19-14/h8,17H,4-7H2,1-3H3. The molecule has 100 valence electrons. The van der Waals surface area contributed by atoms with Crippen molar-refractivity contribution >= 4 is 17.1 Å². The van der Waals surface area contributed by atoms with Gasteiger partial charge in [-0.25, -0.2) is 0 Å². The highest BCUT2D eigenvalue weighted by Gasteiger charge is 2.21. The number of rotatable bonds is 2. The number of ketones is 1. The largest absolute Gasteiger partial charge is 0.355 e. The van der Waals surface area contributed by atoms with E-state index in [9.17, 15) is 4.79 Å². The van der Waals surface area contributed by atoms with Crippen LogP contribution in [0.1, 0.15) is 55.5 Å². The van der Waals surface area contributed by atoms with Crippen molar-refractivity contribution in [1.82, 2.24) is 4.98 Å². The fraction of sp³-hybridized carbons (Fsp3) is 0.438. The van der Waals surface area contributed by atoms with E-state index in [1.165, 1.54) is 28.8 Å². The molecule has 2 heterocycles. The molecule has 0 bridgehead atoms. The maximum Gasteiger partial charge on any atom is 0.219 e. The predicted octanol–water partition coefficient (Wildman–Crippen LogP) is 4.11. The summed E-state index contributed by atoms with van der Waals surface area (Å²) in [5, 5.41) is 0. The number of hydrogen-bond donors (Lipinski definition) is 1. The molecule has 0 unspecified atom stereocenters. The molecule has 1 aliphatic rings. The van der Waals surface area contributed by atoms with Gasteiger partial charge >= 0.3 is 0 Å². The normalized spacial score (nSPS) is 14.5. The lowest BCUT2D eigenvalue weighted by atomic mass is 9.99. The highest BCUT2D eigenvalue weighted by molar-refractivity contribution is 7.14. The van der Waals surface area contributed by atoms with Crippen molar-refractivity contribution in [1.29, 1.82) is 0 Å². The minimum Gasteiger partial charge on any atom is -0.355 e. The molecule has 0 atom stereocenters. The quantitative estimate of drug-likeness (QED) is 0.821. The number of carbonyl (C=O) groups excluding carboxylic acids is 1. The number of aromatic amines is 1. The Bertz CT molecular complexity index is 624. The smallest absolute Gasteiger partial charge is 0.219 e. The Morgan fingerprint density at radius 2 is 1.89 bits per heavy atom. The lowest BCUT2D eigenvalue weighted by Gasteiger charge is -2.08. The topological polar surface area (TPSA) is 32.9 Å². The molecule has 0 aliphatic heterocycles. The van der Waals surface area contributed by atoms with Gasteiger partial charge in [0.1, 0.15) is 0 Å². The Morgan fingerprint density at radius 1 is 1.16 bits per heavy atom. The van der Waals surface area contributed by atoms with Gasteiger partial charge in [-0.2, -0.15) is 0 Å². The average molecular weight is 273 g/mol. The Morgan fingerprint density at radius 3 is 2.53 bits per heavy atom. The second kappa shape index (κ2) is 4.64. The van der Waals surface area contributed by atoms with Crippen molar-refractivity contribution in [2.24, 2.45) is 0 Å². The van der Waals surface area contributed by atoms with Crippen molar-refractivity contribution in [3.8, 4) is 0 Å². The first kappa shape index (κ1) is 12.7. The van der Waals surface area contributed by atoms with Gasteiger partial charge in [0.2, 0.25) is 5.78 Å². The van der Waals surface area contributed by atoms with Gasteiger partial charge in [0, 0.05) is 10.6 Å². The zero-order valence-corrected chi connectivity index (χ0v) is 12.5. The van der Waals surface area contributed by atoms with Crippen LogP contribution in [0.2, 0.25) is 0 Å². The number of carbonyl (C=O) groups is 1. The van der Waals surface area contributed by atoms with E-state index in [1.54, 1.807) is 11.3 Å². The van der Waals surface area contributed by atoms with Gasteiger partial charge in [0.05, 0.1) is 10.6 Å². The minimum atomic E-state index is 0.160. The molecule has 0 amide bonds. The summed E-state index contributed by atoms with van der Waals surface area (Å²) < 4.78 is 0. The van der Waals surface area contributed by atoms with E-state index < -0.39 is 0 Å². The van der Waals surface area contributed by atoms with Crippen LogP contribution in [0.4, 0.5) is 0 Å². The number of nitrogens with one attached hydrogen (secondary N) is 1. The molecule has 0 aromatic carbocycles. The van der Waals surface area contributed by atoms with Crippen molar-refractivity contribution in [2.45, 2.75) is 46.5 Å². The SMILES string of the molecule is Cc1[nH]c(C(=O)c2cc3c(s2)CCCC3)c(C)c1C. The van der Waals surface area contributed by atoms with Crippen LogP contribution in [0.3, 0.4) is 0 Å². The molecule has 0 saturated heterocycles. The molecular formula is C16H19NOS. The molecule has 2 nitrogen and oxygen atoms in total. The van der Waals surface area contributed by atoms with Crippen molar-refractivity contribution < 1.29 is 4.79 Å². The summed E-state index contributed by atoms with van der Waals surface area (Å²) in [6.07, 6.45) is 4.81.